The minimum absolute atomic E-state index is 0.195. The summed E-state index contributed by atoms with van der Waals surface area (Å²) in [7, 11) is 0. The number of carbonyl (C=O) groups excluding carboxylic acids is 1. The number of hydrogen-bond acceptors (Lipinski definition) is 2. The molecule has 1 aliphatic rings. The molecule has 0 radical (unpaired) electrons. The molecular formula is C18H25BrO2. The summed E-state index contributed by atoms with van der Waals surface area (Å²) in [5.74, 6) is 1.42. The van der Waals surface area contributed by atoms with E-state index in [0.717, 1.165) is 23.1 Å². The van der Waals surface area contributed by atoms with Crippen LogP contribution in [0, 0.1) is 11.3 Å². The Morgan fingerprint density at radius 1 is 1.38 bits per heavy atom. The molecule has 0 N–H and O–H groups in total. The van der Waals surface area contributed by atoms with Crippen molar-refractivity contribution in [2.75, 3.05) is 0 Å². The van der Waals surface area contributed by atoms with Crippen molar-refractivity contribution in [2.45, 2.75) is 59.5 Å². The van der Waals surface area contributed by atoms with Gasteiger partial charge >= 0.3 is 0 Å². The van der Waals surface area contributed by atoms with Gasteiger partial charge in [0, 0.05) is 4.47 Å². The first-order valence-corrected chi connectivity index (χ1v) is 8.48. The number of rotatable bonds is 3. The molecule has 0 spiro atoms. The van der Waals surface area contributed by atoms with Gasteiger partial charge in [0.15, 0.2) is 5.78 Å². The number of carbonyl (C=O) groups is 1. The third-order valence-corrected chi connectivity index (χ3v) is 5.35. The van der Waals surface area contributed by atoms with Gasteiger partial charge in [0.25, 0.3) is 0 Å². The zero-order chi connectivity index (χ0) is 15.8. The topological polar surface area (TPSA) is 26.3 Å². The van der Waals surface area contributed by atoms with Gasteiger partial charge in [-0.2, -0.15) is 0 Å². The summed E-state index contributed by atoms with van der Waals surface area (Å²) in [5.41, 5.74) is 0.566. The highest BCUT2D eigenvalue weighted by Crippen LogP contribution is 2.42. The van der Waals surface area contributed by atoms with E-state index in [1.807, 2.05) is 18.2 Å². The van der Waals surface area contributed by atoms with Gasteiger partial charge < -0.3 is 4.74 Å². The van der Waals surface area contributed by atoms with E-state index < -0.39 is 0 Å². The minimum Gasteiger partial charge on any atom is -0.486 e. The number of hydrogen-bond donors (Lipinski definition) is 0. The highest BCUT2D eigenvalue weighted by molar-refractivity contribution is 9.10. The molecule has 0 aromatic heterocycles. The monoisotopic (exact) mass is 352 g/mol. The SMILES string of the molecule is CCC1(CC(C)C(C)(C)C)CC(=O)c2cc(Br)ccc2O1. The van der Waals surface area contributed by atoms with Crippen LogP contribution in [-0.2, 0) is 0 Å². The Morgan fingerprint density at radius 2 is 2.05 bits per heavy atom. The molecule has 0 aliphatic carbocycles. The summed E-state index contributed by atoms with van der Waals surface area (Å²) in [6.45, 7) is 11.1. The number of benzene rings is 1. The van der Waals surface area contributed by atoms with Gasteiger partial charge in [-0.25, -0.2) is 0 Å². The van der Waals surface area contributed by atoms with Crippen LogP contribution in [-0.4, -0.2) is 11.4 Å². The van der Waals surface area contributed by atoms with Crippen LogP contribution in [0.3, 0.4) is 0 Å². The maximum Gasteiger partial charge on any atom is 0.170 e. The van der Waals surface area contributed by atoms with E-state index in [-0.39, 0.29) is 16.8 Å². The molecule has 0 saturated heterocycles. The predicted molar refractivity (Wildman–Crippen MR) is 90.0 cm³/mol. The summed E-state index contributed by atoms with van der Waals surface area (Å²) in [6.07, 6.45) is 2.25. The van der Waals surface area contributed by atoms with Crippen LogP contribution in [0.25, 0.3) is 0 Å². The molecule has 1 aromatic carbocycles. The van der Waals surface area contributed by atoms with Crippen molar-refractivity contribution in [3.8, 4) is 5.75 Å². The highest BCUT2D eigenvalue weighted by Gasteiger charge is 2.41. The van der Waals surface area contributed by atoms with Gasteiger partial charge in [-0.15, -0.1) is 0 Å². The molecule has 2 rings (SSSR count). The third kappa shape index (κ3) is 3.50. The maximum absolute atomic E-state index is 12.5. The van der Waals surface area contributed by atoms with E-state index in [1.54, 1.807) is 0 Å². The maximum atomic E-state index is 12.5. The van der Waals surface area contributed by atoms with E-state index in [2.05, 4.69) is 50.5 Å². The first kappa shape index (κ1) is 16.5. The van der Waals surface area contributed by atoms with Gasteiger partial charge in [-0.3, -0.25) is 4.79 Å². The average molecular weight is 353 g/mol. The van der Waals surface area contributed by atoms with Crippen LogP contribution in [0.4, 0.5) is 0 Å². The molecule has 0 fully saturated rings. The fraction of sp³-hybridized carbons (Fsp3) is 0.611. The molecule has 2 atom stereocenters. The standard InChI is InChI=1S/C18H25BrO2/c1-6-18(10-12(2)17(3,4)5)11-15(20)14-9-13(19)7-8-16(14)21-18/h7-9,12H,6,10-11H2,1-5H3. The highest BCUT2D eigenvalue weighted by atomic mass is 79.9. The normalized spacial score (nSPS) is 23.4. The van der Waals surface area contributed by atoms with Crippen molar-refractivity contribution in [3.63, 3.8) is 0 Å². The minimum atomic E-state index is -0.357. The number of halogens is 1. The van der Waals surface area contributed by atoms with Crippen LogP contribution in [0.5, 0.6) is 5.75 Å². The van der Waals surface area contributed by atoms with Crippen molar-refractivity contribution in [1.82, 2.24) is 0 Å². The molecule has 2 unspecified atom stereocenters. The summed E-state index contributed by atoms with van der Waals surface area (Å²) in [5, 5.41) is 0. The van der Waals surface area contributed by atoms with Crippen molar-refractivity contribution in [3.05, 3.63) is 28.2 Å². The second-order valence-corrected chi connectivity index (χ2v) is 8.27. The summed E-state index contributed by atoms with van der Waals surface area (Å²) in [6, 6.07) is 5.71. The number of ether oxygens (including phenoxy) is 1. The number of fused-ring (bicyclic) bond motifs is 1. The van der Waals surface area contributed by atoms with Gasteiger partial charge in [0.05, 0.1) is 12.0 Å². The molecule has 0 bridgehead atoms. The lowest BCUT2D eigenvalue weighted by Gasteiger charge is -2.42. The van der Waals surface area contributed by atoms with E-state index >= 15 is 0 Å². The number of Topliss-reactive ketones (excluding diaryl/α,β-unsaturated/α-hetero) is 1. The summed E-state index contributed by atoms with van der Waals surface area (Å²) >= 11 is 3.42. The van der Waals surface area contributed by atoms with E-state index in [4.69, 9.17) is 4.74 Å². The van der Waals surface area contributed by atoms with Crippen LogP contribution >= 0.6 is 15.9 Å². The molecule has 1 aromatic rings. The molecule has 116 valence electrons. The van der Waals surface area contributed by atoms with Gasteiger partial charge in [0.1, 0.15) is 11.4 Å². The first-order valence-electron chi connectivity index (χ1n) is 7.68. The Kier molecular flexibility index (Phi) is 4.53. The fourth-order valence-electron chi connectivity index (χ4n) is 2.79. The fourth-order valence-corrected chi connectivity index (χ4v) is 3.15. The lowest BCUT2D eigenvalue weighted by Crippen LogP contribution is -2.44. The lowest BCUT2D eigenvalue weighted by molar-refractivity contribution is 0.00726. The Hall–Kier alpha value is -0.830. The van der Waals surface area contributed by atoms with Crippen LogP contribution in [0.2, 0.25) is 0 Å². The summed E-state index contributed by atoms with van der Waals surface area (Å²) < 4.78 is 7.24. The molecule has 21 heavy (non-hydrogen) atoms. The van der Waals surface area contributed by atoms with Gasteiger partial charge in [-0.05, 0) is 42.4 Å². The average Bonchev–Trinajstić information content (AvgIpc) is 2.38. The Bertz CT molecular complexity index is 545. The summed E-state index contributed by atoms with van der Waals surface area (Å²) in [4.78, 5) is 12.5. The zero-order valence-corrected chi connectivity index (χ0v) is 15.2. The lowest BCUT2D eigenvalue weighted by atomic mass is 9.72. The first-order chi connectivity index (χ1) is 9.67. The predicted octanol–water partition coefficient (Wildman–Crippen LogP) is 5.64. The van der Waals surface area contributed by atoms with Crippen LogP contribution in [0.1, 0.15) is 64.2 Å². The molecule has 1 heterocycles. The number of ketones is 1. The molecule has 2 nitrogen and oxygen atoms in total. The van der Waals surface area contributed by atoms with Crippen LogP contribution in [0.15, 0.2) is 22.7 Å². The van der Waals surface area contributed by atoms with Crippen molar-refractivity contribution < 1.29 is 9.53 Å². The van der Waals surface area contributed by atoms with Crippen molar-refractivity contribution in [1.29, 1.82) is 0 Å². The second-order valence-electron chi connectivity index (χ2n) is 7.35. The molecule has 0 saturated carbocycles. The Labute approximate surface area is 136 Å². The van der Waals surface area contributed by atoms with Crippen molar-refractivity contribution >= 4 is 21.7 Å². The molecular weight excluding hydrogens is 328 g/mol. The molecule has 3 heteroatoms. The smallest absolute Gasteiger partial charge is 0.170 e. The van der Waals surface area contributed by atoms with E-state index in [0.29, 0.717) is 17.9 Å². The Balaban J connectivity index is 2.31. The van der Waals surface area contributed by atoms with E-state index in [1.165, 1.54) is 0 Å². The zero-order valence-electron chi connectivity index (χ0n) is 13.6. The van der Waals surface area contributed by atoms with E-state index in [9.17, 15) is 4.79 Å². The quantitative estimate of drug-likeness (QED) is 0.703. The van der Waals surface area contributed by atoms with Gasteiger partial charge in [0.2, 0.25) is 0 Å². The van der Waals surface area contributed by atoms with Crippen LogP contribution < -0.4 is 4.74 Å². The second kappa shape index (κ2) is 5.75. The third-order valence-electron chi connectivity index (χ3n) is 4.85. The molecule has 0 amide bonds. The Morgan fingerprint density at radius 3 is 2.62 bits per heavy atom. The van der Waals surface area contributed by atoms with Crippen molar-refractivity contribution in [2.24, 2.45) is 11.3 Å². The van der Waals surface area contributed by atoms with Gasteiger partial charge in [-0.1, -0.05) is 50.5 Å². The largest absolute Gasteiger partial charge is 0.486 e. The molecule has 1 aliphatic heterocycles.